The first-order valence-electron chi connectivity index (χ1n) is 7.08. The van der Waals surface area contributed by atoms with Crippen molar-refractivity contribution < 1.29 is 9.53 Å². The molecule has 0 amide bonds. The molecule has 4 nitrogen and oxygen atoms in total. The van der Waals surface area contributed by atoms with E-state index in [0.717, 1.165) is 19.6 Å². The number of piperidine rings is 1. The molecule has 0 spiro atoms. The lowest BCUT2D eigenvalue weighted by Crippen LogP contribution is -2.45. The average molecular weight is 256 g/mol. The molecule has 18 heavy (non-hydrogen) atoms. The molecule has 4 heteroatoms. The van der Waals surface area contributed by atoms with Gasteiger partial charge in [0.25, 0.3) is 0 Å². The zero-order valence-corrected chi connectivity index (χ0v) is 12.3. The van der Waals surface area contributed by atoms with Crippen LogP contribution in [-0.2, 0) is 9.53 Å². The Hall–Kier alpha value is -0.610. The third-order valence-electron chi connectivity index (χ3n) is 3.11. The van der Waals surface area contributed by atoms with Crippen LogP contribution in [0, 0.1) is 0 Å². The van der Waals surface area contributed by atoms with Crippen LogP contribution in [-0.4, -0.2) is 48.7 Å². The van der Waals surface area contributed by atoms with Gasteiger partial charge in [0.15, 0.2) is 0 Å². The number of hydrogen-bond acceptors (Lipinski definition) is 4. The molecule has 0 radical (unpaired) electrons. The van der Waals surface area contributed by atoms with Crippen LogP contribution in [0.15, 0.2) is 0 Å². The van der Waals surface area contributed by atoms with Crippen molar-refractivity contribution in [1.82, 2.24) is 10.2 Å². The van der Waals surface area contributed by atoms with Gasteiger partial charge in [0, 0.05) is 12.6 Å². The molecule has 0 saturated carbocycles. The summed E-state index contributed by atoms with van der Waals surface area (Å²) in [6.45, 7) is 11.1. The number of ether oxygens (including phenoxy) is 1. The van der Waals surface area contributed by atoms with Gasteiger partial charge < -0.3 is 10.1 Å². The van der Waals surface area contributed by atoms with E-state index in [1.54, 1.807) is 0 Å². The van der Waals surface area contributed by atoms with Crippen LogP contribution >= 0.6 is 0 Å². The van der Waals surface area contributed by atoms with Crippen molar-refractivity contribution in [3.8, 4) is 0 Å². The highest BCUT2D eigenvalue weighted by Gasteiger charge is 2.21. The summed E-state index contributed by atoms with van der Waals surface area (Å²) in [4.78, 5) is 13.9. The maximum absolute atomic E-state index is 11.8. The van der Waals surface area contributed by atoms with E-state index in [0.29, 0.717) is 12.6 Å². The molecule has 1 N–H and O–H groups in total. The van der Waals surface area contributed by atoms with E-state index in [4.69, 9.17) is 4.74 Å². The first-order valence-corrected chi connectivity index (χ1v) is 7.08. The first-order chi connectivity index (χ1) is 8.40. The van der Waals surface area contributed by atoms with Crippen LogP contribution in [0.25, 0.3) is 0 Å². The number of likely N-dealkylation sites (N-methyl/N-ethyl adjacent to an activating group) is 1. The summed E-state index contributed by atoms with van der Waals surface area (Å²) >= 11 is 0. The fourth-order valence-corrected chi connectivity index (χ4v) is 2.25. The van der Waals surface area contributed by atoms with E-state index < -0.39 is 0 Å². The number of rotatable bonds is 5. The van der Waals surface area contributed by atoms with Crippen LogP contribution in [0.2, 0.25) is 0 Å². The summed E-state index contributed by atoms with van der Waals surface area (Å²) in [6, 6.07) is 0.529. The van der Waals surface area contributed by atoms with E-state index in [1.807, 2.05) is 20.8 Å². The minimum atomic E-state index is -0.389. The van der Waals surface area contributed by atoms with Gasteiger partial charge in [-0.25, -0.2) is 0 Å². The minimum absolute atomic E-state index is 0.125. The zero-order valence-electron chi connectivity index (χ0n) is 12.3. The van der Waals surface area contributed by atoms with Crippen LogP contribution in [0.4, 0.5) is 0 Å². The summed E-state index contributed by atoms with van der Waals surface area (Å²) < 4.78 is 5.36. The summed E-state index contributed by atoms with van der Waals surface area (Å²) in [7, 11) is 0. The van der Waals surface area contributed by atoms with Crippen molar-refractivity contribution >= 4 is 5.97 Å². The average Bonchev–Trinajstić information content (AvgIpc) is 2.27. The number of nitrogens with zero attached hydrogens (tertiary/aromatic N) is 1. The van der Waals surface area contributed by atoms with Crippen molar-refractivity contribution in [2.75, 3.05) is 26.2 Å². The number of carbonyl (C=O) groups excluding carboxylic acids is 1. The molecule has 1 heterocycles. The van der Waals surface area contributed by atoms with Crippen molar-refractivity contribution in [2.24, 2.45) is 0 Å². The molecular weight excluding hydrogens is 228 g/mol. The van der Waals surface area contributed by atoms with Gasteiger partial charge in [0.1, 0.15) is 5.60 Å². The summed E-state index contributed by atoms with van der Waals surface area (Å²) in [5.74, 6) is -0.125. The lowest BCUT2D eigenvalue weighted by Gasteiger charge is -2.30. The van der Waals surface area contributed by atoms with E-state index in [1.165, 1.54) is 19.3 Å². The second-order valence-corrected chi connectivity index (χ2v) is 6.06. The highest BCUT2D eigenvalue weighted by atomic mass is 16.6. The highest BCUT2D eigenvalue weighted by molar-refractivity contribution is 5.72. The Labute approximate surface area is 111 Å². The summed E-state index contributed by atoms with van der Waals surface area (Å²) in [5, 5.41) is 3.51. The lowest BCUT2D eigenvalue weighted by atomic mass is 10.0. The molecule has 0 aliphatic carbocycles. The Bertz CT molecular complexity index is 255. The molecule has 0 aromatic carbocycles. The predicted octanol–water partition coefficient (Wildman–Crippen LogP) is 1.79. The smallest absolute Gasteiger partial charge is 0.320 e. The Morgan fingerprint density at radius 2 is 2.11 bits per heavy atom. The maximum Gasteiger partial charge on any atom is 0.320 e. The third kappa shape index (κ3) is 6.36. The molecule has 1 rings (SSSR count). The van der Waals surface area contributed by atoms with E-state index in [2.05, 4.69) is 17.1 Å². The summed E-state index contributed by atoms with van der Waals surface area (Å²) in [6.07, 6.45) is 3.78. The van der Waals surface area contributed by atoms with Gasteiger partial charge in [-0.1, -0.05) is 13.3 Å². The molecule has 1 aliphatic rings. The Kier molecular flexibility index (Phi) is 6.09. The quantitative estimate of drug-likeness (QED) is 0.762. The van der Waals surface area contributed by atoms with Gasteiger partial charge in [-0.3, -0.25) is 9.69 Å². The molecule has 1 aliphatic heterocycles. The van der Waals surface area contributed by atoms with Gasteiger partial charge in [0.05, 0.1) is 6.54 Å². The van der Waals surface area contributed by atoms with Crippen LogP contribution in [0.5, 0.6) is 0 Å². The molecule has 0 bridgehead atoms. The van der Waals surface area contributed by atoms with Crippen LogP contribution < -0.4 is 5.32 Å². The van der Waals surface area contributed by atoms with Gasteiger partial charge in [0.2, 0.25) is 0 Å². The monoisotopic (exact) mass is 256 g/mol. The maximum atomic E-state index is 11.8. The van der Waals surface area contributed by atoms with Gasteiger partial charge in [-0.05, 0) is 46.7 Å². The van der Waals surface area contributed by atoms with Crippen molar-refractivity contribution in [3.63, 3.8) is 0 Å². The molecular formula is C14H28N2O2. The molecule has 106 valence electrons. The van der Waals surface area contributed by atoms with Crippen molar-refractivity contribution in [3.05, 3.63) is 0 Å². The molecule has 0 aromatic rings. The van der Waals surface area contributed by atoms with Crippen molar-refractivity contribution in [1.29, 1.82) is 0 Å². The van der Waals surface area contributed by atoms with E-state index in [-0.39, 0.29) is 11.6 Å². The van der Waals surface area contributed by atoms with Crippen molar-refractivity contribution in [2.45, 2.75) is 58.6 Å². The molecule has 1 saturated heterocycles. The second kappa shape index (κ2) is 7.10. The third-order valence-corrected chi connectivity index (χ3v) is 3.11. The van der Waals surface area contributed by atoms with Crippen LogP contribution in [0.1, 0.15) is 47.0 Å². The van der Waals surface area contributed by atoms with Gasteiger partial charge >= 0.3 is 5.97 Å². The molecule has 1 unspecified atom stereocenters. The highest BCUT2D eigenvalue weighted by Crippen LogP contribution is 2.10. The fourth-order valence-electron chi connectivity index (χ4n) is 2.25. The second-order valence-electron chi connectivity index (χ2n) is 6.06. The number of esters is 1. The minimum Gasteiger partial charge on any atom is -0.459 e. The topological polar surface area (TPSA) is 41.6 Å². The van der Waals surface area contributed by atoms with E-state index >= 15 is 0 Å². The standard InChI is InChI=1S/C14H28N2O2/c1-5-16(10-12-8-6-7-9-15-12)11-13(17)18-14(2,3)4/h12,15H,5-11H2,1-4H3. The largest absolute Gasteiger partial charge is 0.459 e. The Morgan fingerprint density at radius 3 is 2.61 bits per heavy atom. The number of nitrogens with one attached hydrogen (secondary N) is 1. The predicted molar refractivity (Wildman–Crippen MR) is 73.6 cm³/mol. The number of carbonyl (C=O) groups is 1. The SMILES string of the molecule is CCN(CC(=O)OC(C)(C)C)CC1CCCCN1. The normalized spacial score (nSPS) is 21.1. The van der Waals surface area contributed by atoms with E-state index in [9.17, 15) is 4.79 Å². The van der Waals surface area contributed by atoms with Gasteiger partial charge in [-0.2, -0.15) is 0 Å². The van der Waals surface area contributed by atoms with Crippen LogP contribution in [0.3, 0.4) is 0 Å². The number of hydrogen-bond donors (Lipinski definition) is 1. The fraction of sp³-hybridized carbons (Fsp3) is 0.929. The Morgan fingerprint density at radius 1 is 1.39 bits per heavy atom. The lowest BCUT2D eigenvalue weighted by molar-refractivity contribution is -0.156. The zero-order chi connectivity index (χ0) is 13.6. The molecule has 0 aromatic heterocycles. The summed E-state index contributed by atoms with van der Waals surface area (Å²) in [5.41, 5.74) is -0.389. The molecule has 1 fully saturated rings. The Balaban J connectivity index is 2.34. The van der Waals surface area contributed by atoms with Gasteiger partial charge in [-0.15, -0.1) is 0 Å². The molecule has 1 atom stereocenters. The first kappa shape index (κ1) is 15.4.